The molecule has 0 radical (unpaired) electrons. The average molecular weight is 717 g/mol. The quantitative estimate of drug-likeness (QED) is 0.178. The van der Waals surface area contributed by atoms with E-state index in [4.69, 9.17) is 29.0 Å². The molecule has 0 spiro atoms. The minimum Gasteiger partial charge on any atom is -0.455 e. The third-order valence-electron chi connectivity index (χ3n) is 9.70. The Morgan fingerprint density at radius 2 is 1.07 bits per heavy atom. The first-order chi connectivity index (χ1) is 30.5. The molecule has 8 aromatic carbocycles. The predicted octanol–water partition coefficient (Wildman–Crippen LogP) is 13.6. The van der Waals surface area contributed by atoms with Crippen LogP contribution in [0.25, 0.3) is 109 Å². The van der Waals surface area contributed by atoms with E-state index < -0.39 is 48.3 Å². The Bertz CT molecular complexity index is 3730. The number of hydrogen-bond donors (Lipinski definition) is 0. The van der Waals surface area contributed by atoms with Gasteiger partial charge in [-0.15, -0.1) is 11.3 Å². The highest BCUT2D eigenvalue weighted by molar-refractivity contribution is 7.26. The van der Waals surface area contributed by atoms with E-state index in [0.29, 0.717) is 11.1 Å². The van der Waals surface area contributed by atoms with Gasteiger partial charge in [0.15, 0.2) is 17.5 Å². The monoisotopic (exact) mass is 716 g/mol. The van der Waals surface area contributed by atoms with Gasteiger partial charge in [0.2, 0.25) is 0 Å². The van der Waals surface area contributed by atoms with E-state index in [9.17, 15) is 2.74 Å². The number of nitrogens with zero attached hydrogens (tertiary/aromatic N) is 3. The molecule has 11 aromatic rings. The summed E-state index contributed by atoms with van der Waals surface area (Å²) in [5.41, 5.74) is 5.00. The van der Waals surface area contributed by atoms with Crippen LogP contribution in [0.3, 0.4) is 0 Å². The first-order valence-electron chi connectivity index (χ1n) is 21.8. The molecule has 0 aliphatic heterocycles. The van der Waals surface area contributed by atoms with E-state index in [2.05, 4.69) is 30.3 Å². The molecule has 0 N–H and O–H groups in total. The molecule has 5 heteroatoms. The molecule has 0 unspecified atom stereocenters. The Morgan fingerprint density at radius 1 is 0.444 bits per heavy atom. The smallest absolute Gasteiger partial charge is 0.164 e. The number of aromatic nitrogens is 3. The number of rotatable bonds is 5. The van der Waals surface area contributed by atoms with Crippen LogP contribution >= 0.6 is 11.3 Å². The molecule has 0 atom stereocenters. The standard InChI is InChI=1S/C49H29N3OS/c1-3-12-30(13-4-1)31-22-24-33(25-23-31)47-50-48(34-26-27-39-44(28-34)54-43-21-11-19-35(45(39)43)32-14-5-2-6-15-32)52-49(51-47)41-29-40-37-17-9-10-20-42(37)53-46(40)38-18-8-7-16-36(38)41/h1-29H/i7D,8D,9D,10D,16D,17D,18D,20D,29D. The summed E-state index contributed by atoms with van der Waals surface area (Å²) in [6, 6.07) is 35.7. The normalized spacial score (nSPS) is 14.0. The molecule has 3 heterocycles. The van der Waals surface area contributed by atoms with Gasteiger partial charge in [-0.3, -0.25) is 0 Å². The fourth-order valence-electron chi connectivity index (χ4n) is 7.15. The second-order valence-corrected chi connectivity index (χ2v) is 14.0. The van der Waals surface area contributed by atoms with Crippen molar-refractivity contribution >= 4 is 64.2 Å². The number of benzene rings is 8. The zero-order valence-corrected chi connectivity index (χ0v) is 29.0. The van der Waals surface area contributed by atoms with Gasteiger partial charge >= 0.3 is 0 Å². The predicted molar refractivity (Wildman–Crippen MR) is 225 cm³/mol. The maximum absolute atomic E-state index is 9.81. The Labute approximate surface area is 327 Å². The first-order valence-corrected chi connectivity index (χ1v) is 18.1. The van der Waals surface area contributed by atoms with Gasteiger partial charge < -0.3 is 4.42 Å². The van der Waals surface area contributed by atoms with E-state index in [1.54, 1.807) is 11.3 Å². The second kappa shape index (κ2) is 12.3. The van der Waals surface area contributed by atoms with Crippen molar-refractivity contribution in [1.82, 2.24) is 15.0 Å². The van der Waals surface area contributed by atoms with Gasteiger partial charge in [-0.1, -0.05) is 151 Å². The Balaban J connectivity index is 1.21. The van der Waals surface area contributed by atoms with Crippen LogP contribution in [0.1, 0.15) is 12.3 Å². The molecular formula is C49H29N3OS. The molecular weight excluding hydrogens is 679 g/mol. The molecule has 4 nitrogen and oxygen atoms in total. The Hall–Kier alpha value is -6.95. The molecule has 0 bridgehead atoms. The van der Waals surface area contributed by atoms with Crippen molar-refractivity contribution in [2.24, 2.45) is 0 Å². The fourth-order valence-corrected chi connectivity index (χ4v) is 8.32. The van der Waals surface area contributed by atoms with Gasteiger partial charge in [0.1, 0.15) is 11.2 Å². The van der Waals surface area contributed by atoms with Crippen LogP contribution in [-0.2, 0) is 0 Å². The number of furan rings is 1. The zero-order valence-electron chi connectivity index (χ0n) is 37.2. The van der Waals surface area contributed by atoms with Crippen molar-refractivity contribution in [3.05, 3.63) is 176 Å². The molecule has 0 amide bonds. The van der Waals surface area contributed by atoms with Crippen LogP contribution in [0.2, 0.25) is 0 Å². The van der Waals surface area contributed by atoms with E-state index in [-0.39, 0.29) is 61.8 Å². The van der Waals surface area contributed by atoms with Gasteiger partial charge in [0.25, 0.3) is 0 Å². The molecule has 0 saturated carbocycles. The van der Waals surface area contributed by atoms with E-state index >= 15 is 0 Å². The lowest BCUT2D eigenvalue weighted by Gasteiger charge is -2.11. The molecule has 0 aliphatic carbocycles. The van der Waals surface area contributed by atoms with Crippen LogP contribution in [0, 0.1) is 0 Å². The van der Waals surface area contributed by atoms with Crippen LogP contribution in [0.4, 0.5) is 0 Å². The summed E-state index contributed by atoms with van der Waals surface area (Å²) >= 11 is 1.64. The summed E-state index contributed by atoms with van der Waals surface area (Å²) in [6.07, 6.45) is 0. The van der Waals surface area contributed by atoms with Crippen molar-refractivity contribution in [1.29, 1.82) is 0 Å². The molecule has 0 aliphatic rings. The lowest BCUT2D eigenvalue weighted by atomic mass is 9.99. The minimum atomic E-state index is -0.555. The molecule has 3 aromatic heterocycles. The first kappa shape index (κ1) is 22.9. The van der Waals surface area contributed by atoms with Crippen LogP contribution < -0.4 is 0 Å². The summed E-state index contributed by atoms with van der Waals surface area (Å²) in [4.78, 5) is 15.0. The maximum Gasteiger partial charge on any atom is 0.164 e. The van der Waals surface area contributed by atoms with Crippen molar-refractivity contribution in [2.45, 2.75) is 0 Å². The summed E-state index contributed by atoms with van der Waals surface area (Å²) in [5.74, 6) is 0.421. The van der Waals surface area contributed by atoms with Crippen molar-refractivity contribution < 1.29 is 16.8 Å². The number of fused-ring (bicyclic) bond motifs is 8. The summed E-state index contributed by atoms with van der Waals surface area (Å²) in [5, 5.41) is 1.84. The van der Waals surface area contributed by atoms with Crippen molar-refractivity contribution in [3.63, 3.8) is 0 Å². The van der Waals surface area contributed by atoms with Crippen molar-refractivity contribution in [2.75, 3.05) is 0 Å². The highest BCUT2D eigenvalue weighted by atomic mass is 32.1. The summed E-state index contributed by atoms with van der Waals surface area (Å²) in [6.45, 7) is 0. The molecule has 0 saturated heterocycles. The number of para-hydroxylation sites is 1. The lowest BCUT2D eigenvalue weighted by molar-refractivity contribution is 0.672. The molecule has 11 rings (SSSR count). The van der Waals surface area contributed by atoms with Gasteiger partial charge in [-0.05, 0) is 51.9 Å². The number of thiophene rings is 1. The van der Waals surface area contributed by atoms with E-state index in [0.717, 1.165) is 42.4 Å². The van der Waals surface area contributed by atoms with Crippen LogP contribution in [0.15, 0.2) is 180 Å². The largest absolute Gasteiger partial charge is 0.455 e. The Kier molecular flexibility index (Phi) is 5.22. The topological polar surface area (TPSA) is 51.8 Å². The molecule has 54 heavy (non-hydrogen) atoms. The van der Waals surface area contributed by atoms with Crippen LogP contribution in [-0.4, -0.2) is 15.0 Å². The van der Waals surface area contributed by atoms with E-state index in [1.807, 2.05) is 91.0 Å². The average Bonchev–Trinajstić information content (AvgIpc) is 3.91. The molecule has 252 valence electrons. The third-order valence-corrected chi connectivity index (χ3v) is 10.8. The highest BCUT2D eigenvalue weighted by Crippen LogP contribution is 2.43. The van der Waals surface area contributed by atoms with Gasteiger partial charge in [-0.25, -0.2) is 15.0 Å². The lowest BCUT2D eigenvalue weighted by Crippen LogP contribution is -2.00. The highest BCUT2D eigenvalue weighted by Gasteiger charge is 2.20. The maximum atomic E-state index is 9.81. The van der Waals surface area contributed by atoms with E-state index in [1.165, 1.54) is 0 Å². The summed E-state index contributed by atoms with van der Waals surface area (Å²) < 4.78 is 88.1. The van der Waals surface area contributed by atoms with Crippen molar-refractivity contribution in [3.8, 4) is 56.4 Å². The third kappa shape index (κ3) is 5.01. The SMILES string of the molecule is [2H]c1c([2H])c([2H])c2c(oc3c4c([2H])c([2H])c([2H])c([2H])c4c(-c4nc(-c5ccc(-c6ccccc6)cc5)nc(-c5ccc6c(c5)sc5cccc(-c7ccccc7)c56)n4)c([2H])c32)c1[2H]. The zero-order chi connectivity index (χ0) is 43.4. The van der Waals surface area contributed by atoms with Gasteiger partial charge in [0.05, 0.1) is 12.3 Å². The van der Waals surface area contributed by atoms with Gasteiger partial charge in [-0.2, -0.15) is 0 Å². The fraction of sp³-hybridized carbons (Fsp3) is 0. The second-order valence-electron chi connectivity index (χ2n) is 12.9. The van der Waals surface area contributed by atoms with Gasteiger partial charge in [0, 0.05) is 53.0 Å². The number of hydrogen-bond acceptors (Lipinski definition) is 5. The Morgan fingerprint density at radius 3 is 1.87 bits per heavy atom. The summed E-state index contributed by atoms with van der Waals surface area (Å²) in [7, 11) is 0. The molecule has 0 fully saturated rings. The minimum absolute atomic E-state index is 0.0545. The van der Waals surface area contributed by atoms with Crippen LogP contribution in [0.5, 0.6) is 0 Å².